The predicted octanol–water partition coefficient (Wildman–Crippen LogP) is -1.35. The summed E-state index contributed by atoms with van der Waals surface area (Å²) >= 11 is 0. The van der Waals surface area contributed by atoms with Crippen molar-refractivity contribution in [1.29, 1.82) is 0 Å². The van der Waals surface area contributed by atoms with Gasteiger partial charge in [-0.2, -0.15) is 0 Å². The quantitative estimate of drug-likeness (QED) is 0.171. The molecule has 1 aliphatic rings. The standard InChI is InChI=1S/C20H34N2O11/c1-12(23)22-17-19(32-15(4)26)18(31-14(3)25)16(11-30-13(2)24)33-20(17)29-10-9-28-8-7-27-6-5-21/h16-20H,5-11,21H2,1-4H3,(H,22,23)/t16?,17?,18-,19?,20+/m0/s1. The van der Waals surface area contributed by atoms with E-state index in [9.17, 15) is 19.2 Å². The molecule has 33 heavy (non-hydrogen) atoms. The molecule has 13 heteroatoms. The highest BCUT2D eigenvalue weighted by Gasteiger charge is 2.51. The molecule has 0 spiro atoms. The lowest BCUT2D eigenvalue weighted by Crippen LogP contribution is -2.66. The number of esters is 3. The van der Waals surface area contributed by atoms with Crippen molar-refractivity contribution < 1.29 is 52.3 Å². The van der Waals surface area contributed by atoms with E-state index in [0.717, 1.165) is 6.92 Å². The Morgan fingerprint density at radius 3 is 1.94 bits per heavy atom. The van der Waals surface area contributed by atoms with Crippen molar-refractivity contribution in [1.82, 2.24) is 5.32 Å². The average Bonchev–Trinajstić information content (AvgIpc) is 2.71. The van der Waals surface area contributed by atoms with Gasteiger partial charge in [0.05, 0.1) is 33.0 Å². The Morgan fingerprint density at radius 1 is 0.818 bits per heavy atom. The van der Waals surface area contributed by atoms with Gasteiger partial charge >= 0.3 is 17.9 Å². The van der Waals surface area contributed by atoms with Crippen LogP contribution in [0.2, 0.25) is 0 Å². The molecule has 3 N–H and O–H groups in total. The summed E-state index contributed by atoms with van der Waals surface area (Å²) in [6, 6.07) is -1.02. The summed E-state index contributed by atoms with van der Waals surface area (Å²) in [4.78, 5) is 46.6. The highest BCUT2D eigenvalue weighted by molar-refractivity contribution is 5.73. The third-order valence-corrected chi connectivity index (χ3v) is 4.22. The van der Waals surface area contributed by atoms with Crippen molar-refractivity contribution in [3.8, 4) is 0 Å². The highest BCUT2D eigenvalue weighted by Crippen LogP contribution is 2.28. The maximum atomic E-state index is 11.8. The van der Waals surface area contributed by atoms with Gasteiger partial charge in [-0.05, 0) is 0 Å². The van der Waals surface area contributed by atoms with E-state index in [1.807, 2.05) is 0 Å². The molecule has 0 aromatic heterocycles. The molecule has 5 atom stereocenters. The number of hydrogen-bond donors (Lipinski definition) is 2. The minimum atomic E-state index is -1.17. The zero-order valence-corrected chi connectivity index (χ0v) is 19.4. The van der Waals surface area contributed by atoms with Crippen molar-refractivity contribution in [3.63, 3.8) is 0 Å². The molecule has 1 rings (SSSR count). The van der Waals surface area contributed by atoms with Crippen LogP contribution in [0.15, 0.2) is 0 Å². The molecule has 1 heterocycles. The van der Waals surface area contributed by atoms with Crippen LogP contribution in [-0.4, -0.2) is 101 Å². The van der Waals surface area contributed by atoms with Gasteiger partial charge in [0.2, 0.25) is 5.91 Å². The number of nitrogens with one attached hydrogen (secondary N) is 1. The van der Waals surface area contributed by atoms with E-state index in [4.69, 9.17) is 38.9 Å². The lowest BCUT2D eigenvalue weighted by atomic mass is 9.96. The largest absolute Gasteiger partial charge is 0.463 e. The van der Waals surface area contributed by atoms with Crippen LogP contribution in [0.1, 0.15) is 27.7 Å². The third-order valence-electron chi connectivity index (χ3n) is 4.22. The molecular weight excluding hydrogens is 444 g/mol. The molecule has 0 aromatic carbocycles. The van der Waals surface area contributed by atoms with Crippen LogP contribution in [0.5, 0.6) is 0 Å². The van der Waals surface area contributed by atoms with Crippen LogP contribution >= 0.6 is 0 Å². The van der Waals surface area contributed by atoms with Crippen LogP contribution in [-0.2, 0) is 52.3 Å². The Hall–Kier alpha value is -2.32. The second kappa shape index (κ2) is 15.5. The van der Waals surface area contributed by atoms with Crippen LogP contribution in [0.4, 0.5) is 0 Å². The summed E-state index contributed by atoms with van der Waals surface area (Å²) in [6.45, 7) is 6.28. The topological polar surface area (TPSA) is 171 Å². The number of ether oxygens (including phenoxy) is 7. The summed E-state index contributed by atoms with van der Waals surface area (Å²) in [5.74, 6) is -2.40. The number of rotatable bonds is 14. The van der Waals surface area contributed by atoms with Gasteiger partial charge in [0.1, 0.15) is 18.8 Å². The smallest absolute Gasteiger partial charge is 0.303 e. The van der Waals surface area contributed by atoms with E-state index in [1.165, 1.54) is 20.8 Å². The first kappa shape index (κ1) is 28.7. The molecule has 13 nitrogen and oxygen atoms in total. The molecule has 0 saturated carbocycles. The molecule has 190 valence electrons. The molecule has 3 unspecified atom stereocenters. The average molecular weight is 478 g/mol. The number of amides is 1. The number of hydrogen-bond acceptors (Lipinski definition) is 12. The van der Waals surface area contributed by atoms with Gasteiger partial charge in [-0.15, -0.1) is 0 Å². The Kier molecular flexibility index (Phi) is 13.5. The van der Waals surface area contributed by atoms with Gasteiger partial charge in [-0.3, -0.25) is 19.2 Å². The minimum Gasteiger partial charge on any atom is -0.463 e. The SMILES string of the molecule is CC(=O)NC1C(OC(C)=O)[C@@H](OC(C)=O)C(COC(C)=O)O[C@H]1OCCOCCOCCN. The highest BCUT2D eigenvalue weighted by atomic mass is 16.7. The van der Waals surface area contributed by atoms with Gasteiger partial charge in [0, 0.05) is 34.2 Å². The zero-order valence-electron chi connectivity index (χ0n) is 19.4. The van der Waals surface area contributed by atoms with E-state index in [1.54, 1.807) is 0 Å². The fourth-order valence-electron chi connectivity index (χ4n) is 3.06. The monoisotopic (exact) mass is 478 g/mol. The second-order valence-corrected chi connectivity index (χ2v) is 7.10. The molecule has 0 aromatic rings. The van der Waals surface area contributed by atoms with Gasteiger partial charge in [-0.25, -0.2) is 0 Å². The summed E-state index contributed by atoms with van der Waals surface area (Å²) in [7, 11) is 0. The van der Waals surface area contributed by atoms with Gasteiger partial charge < -0.3 is 44.2 Å². The van der Waals surface area contributed by atoms with E-state index >= 15 is 0 Å². The van der Waals surface area contributed by atoms with Crippen molar-refractivity contribution in [2.45, 2.75) is 58.3 Å². The van der Waals surface area contributed by atoms with Crippen molar-refractivity contribution in [2.75, 3.05) is 46.2 Å². The lowest BCUT2D eigenvalue weighted by molar-refractivity contribution is -0.279. The van der Waals surface area contributed by atoms with Gasteiger partial charge in [-0.1, -0.05) is 0 Å². The maximum absolute atomic E-state index is 11.8. The van der Waals surface area contributed by atoms with E-state index in [-0.39, 0.29) is 19.8 Å². The molecule has 1 fully saturated rings. The predicted molar refractivity (Wildman–Crippen MR) is 111 cm³/mol. The lowest BCUT2D eigenvalue weighted by Gasteiger charge is -2.44. The van der Waals surface area contributed by atoms with E-state index in [2.05, 4.69) is 5.32 Å². The number of carbonyl (C=O) groups excluding carboxylic acids is 4. The van der Waals surface area contributed by atoms with Crippen molar-refractivity contribution in [2.24, 2.45) is 5.73 Å². The van der Waals surface area contributed by atoms with Crippen LogP contribution in [0.3, 0.4) is 0 Å². The Balaban J connectivity index is 2.95. The Bertz CT molecular complexity index is 646. The molecule has 1 saturated heterocycles. The molecule has 0 bridgehead atoms. The molecule has 1 amide bonds. The summed E-state index contributed by atoms with van der Waals surface area (Å²) in [5, 5.41) is 2.61. The van der Waals surface area contributed by atoms with Crippen LogP contribution < -0.4 is 11.1 Å². The normalized spacial score (nSPS) is 24.6. The van der Waals surface area contributed by atoms with E-state index in [0.29, 0.717) is 26.4 Å². The van der Waals surface area contributed by atoms with Crippen LogP contribution in [0.25, 0.3) is 0 Å². The first-order valence-electron chi connectivity index (χ1n) is 10.5. The first-order chi connectivity index (χ1) is 15.6. The summed E-state index contributed by atoms with van der Waals surface area (Å²) in [5.41, 5.74) is 5.33. The van der Waals surface area contributed by atoms with Crippen molar-refractivity contribution >= 4 is 23.8 Å². The van der Waals surface area contributed by atoms with Gasteiger partial charge in [0.25, 0.3) is 0 Å². The first-order valence-corrected chi connectivity index (χ1v) is 10.5. The molecule has 0 radical (unpaired) electrons. The Labute approximate surface area is 192 Å². The van der Waals surface area contributed by atoms with Gasteiger partial charge in [0.15, 0.2) is 18.5 Å². The number of carbonyl (C=O) groups is 4. The fraction of sp³-hybridized carbons (Fsp3) is 0.800. The molecular formula is C20H34N2O11. The maximum Gasteiger partial charge on any atom is 0.303 e. The zero-order chi connectivity index (χ0) is 24.8. The Morgan fingerprint density at radius 2 is 1.39 bits per heavy atom. The second-order valence-electron chi connectivity index (χ2n) is 7.10. The van der Waals surface area contributed by atoms with E-state index < -0.39 is 54.5 Å². The fourth-order valence-corrected chi connectivity index (χ4v) is 3.06. The van der Waals surface area contributed by atoms with Crippen molar-refractivity contribution in [3.05, 3.63) is 0 Å². The third kappa shape index (κ3) is 11.4. The molecule has 1 aliphatic heterocycles. The summed E-state index contributed by atoms with van der Waals surface area (Å²) < 4.78 is 37.9. The minimum absolute atomic E-state index is 0.0585. The summed E-state index contributed by atoms with van der Waals surface area (Å²) in [6.07, 6.45) is -4.48. The van der Waals surface area contributed by atoms with Crippen LogP contribution in [0, 0.1) is 0 Å². The number of nitrogens with two attached hydrogens (primary N) is 1. The molecule has 0 aliphatic carbocycles.